The van der Waals surface area contributed by atoms with E-state index in [9.17, 15) is 0 Å². The lowest BCUT2D eigenvalue weighted by Gasteiger charge is -2.04. The molecular formula is C10H11IO. The molecule has 0 fully saturated rings. The third kappa shape index (κ3) is 2.52. The first-order valence-electron chi connectivity index (χ1n) is 3.74. The number of halogens is 1. The first kappa shape index (κ1) is 9.58. The fourth-order valence-corrected chi connectivity index (χ4v) is 1.20. The molecule has 0 saturated carbocycles. The van der Waals surface area contributed by atoms with Crippen LogP contribution in [0.15, 0.2) is 30.9 Å². The van der Waals surface area contributed by atoms with Crippen LogP contribution < -0.4 is 4.74 Å². The van der Waals surface area contributed by atoms with Gasteiger partial charge in [0.1, 0.15) is 12.4 Å². The van der Waals surface area contributed by atoms with Gasteiger partial charge in [-0.2, -0.15) is 0 Å². The van der Waals surface area contributed by atoms with Gasteiger partial charge in [-0.25, -0.2) is 0 Å². The quantitative estimate of drug-likeness (QED) is 0.607. The lowest BCUT2D eigenvalue weighted by atomic mass is 10.2. The minimum Gasteiger partial charge on any atom is -0.490 e. The highest BCUT2D eigenvalue weighted by Gasteiger charge is 1.96. The summed E-state index contributed by atoms with van der Waals surface area (Å²) in [6.07, 6.45) is 1.74. The molecule has 12 heavy (non-hydrogen) atoms. The van der Waals surface area contributed by atoms with Gasteiger partial charge in [-0.3, -0.25) is 0 Å². The lowest BCUT2D eigenvalue weighted by Crippen LogP contribution is -1.93. The van der Waals surface area contributed by atoms with Crippen molar-refractivity contribution in [2.24, 2.45) is 0 Å². The fourth-order valence-electron chi connectivity index (χ4n) is 0.862. The average Bonchev–Trinajstić information content (AvgIpc) is 2.07. The Bertz CT molecular complexity index is 281. The van der Waals surface area contributed by atoms with Gasteiger partial charge in [-0.1, -0.05) is 12.7 Å². The van der Waals surface area contributed by atoms with E-state index in [0.29, 0.717) is 6.61 Å². The Hall–Kier alpha value is -0.510. The average molecular weight is 274 g/mol. The van der Waals surface area contributed by atoms with Crippen molar-refractivity contribution >= 4 is 22.6 Å². The van der Waals surface area contributed by atoms with Crippen molar-refractivity contribution < 1.29 is 4.74 Å². The summed E-state index contributed by atoms with van der Waals surface area (Å²) >= 11 is 2.30. The molecule has 0 unspecified atom stereocenters. The van der Waals surface area contributed by atoms with Gasteiger partial charge >= 0.3 is 0 Å². The molecule has 0 aliphatic rings. The Morgan fingerprint density at radius 3 is 2.92 bits per heavy atom. The van der Waals surface area contributed by atoms with Crippen LogP contribution in [0.25, 0.3) is 0 Å². The summed E-state index contributed by atoms with van der Waals surface area (Å²) in [6, 6.07) is 6.05. The molecule has 2 heteroatoms. The standard InChI is InChI=1S/C10H11IO/c1-3-6-12-9-4-5-10(11)8(2)7-9/h3-5,7H,1,6H2,2H3. The number of aryl methyl sites for hydroxylation is 1. The number of rotatable bonds is 3. The van der Waals surface area contributed by atoms with Gasteiger partial charge < -0.3 is 4.74 Å². The van der Waals surface area contributed by atoms with Gasteiger partial charge in [-0.15, -0.1) is 0 Å². The van der Waals surface area contributed by atoms with E-state index in [1.165, 1.54) is 9.13 Å². The van der Waals surface area contributed by atoms with Crippen molar-refractivity contribution in [3.63, 3.8) is 0 Å². The van der Waals surface area contributed by atoms with Crippen LogP contribution in [-0.4, -0.2) is 6.61 Å². The molecule has 1 aromatic carbocycles. The van der Waals surface area contributed by atoms with Crippen molar-refractivity contribution in [1.82, 2.24) is 0 Å². The summed E-state index contributed by atoms with van der Waals surface area (Å²) < 4.78 is 6.63. The molecule has 0 N–H and O–H groups in total. The highest BCUT2D eigenvalue weighted by atomic mass is 127. The zero-order valence-corrected chi connectivity index (χ0v) is 9.17. The van der Waals surface area contributed by atoms with Crippen molar-refractivity contribution in [1.29, 1.82) is 0 Å². The first-order chi connectivity index (χ1) is 5.74. The zero-order valence-electron chi connectivity index (χ0n) is 7.01. The van der Waals surface area contributed by atoms with E-state index in [2.05, 4.69) is 36.1 Å². The first-order valence-corrected chi connectivity index (χ1v) is 4.82. The molecule has 0 aliphatic heterocycles. The molecule has 1 rings (SSSR count). The molecule has 0 amide bonds. The molecule has 0 radical (unpaired) electrons. The Kier molecular flexibility index (Phi) is 3.59. The normalized spacial score (nSPS) is 9.50. The van der Waals surface area contributed by atoms with Crippen LogP contribution >= 0.6 is 22.6 Å². The molecule has 1 aromatic rings. The minimum absolute atomic E-state index is 0.569. The molecule has 0 aromatic heterocycles. The topological polar surface area (TPSA) is 9.23 Å². The van der Waals surface area contributed by atoms with Gasteiger partial charge in [-0.05, 0) is 53.3 Å². The van der Waals surface area contributed by atoms with Crippen molar-refractivity contribution in [2.75, 3.05) is 6.61 Å². The molecule has 0 saturated heterocycles. The lowest BCUT2D eigenvalue weighted by molar-refractivity contribution is 0.363. The molecule has 0 spiro atoms. The Labute approximate surface area is 86.6 Å². The number of ether oxygens (including phenoxy) is 1. The number of hydrogen-bond acceptors (Lipinski definition) is 1. The van der Waals surface area contributed by atoms with Crippen LogP contribution in [0.2, 0.25) is 0 Å². The monoisotopic (exact) mass is 274 g/mol. The summed E-state index contributed by atoms with van der Waals surface area (Å²) in [5.41, 5.74) is 1.25. The van der Waals surface area contributed by atoms with E-state index < -0.39 is 0 Å². The van der Waals surface area contributed by atoms with Gasteiger partial charge in [0.15, 0.2) is 0 Å². The third-order valence-corrected chi connectivity index (χ3v) is 2.71. The molecule has 1 nitrogen and oxygen atoms in total. The second-order valence-electron chi connectivity index (χ2n) is 2.51. The second-order valence-corrected chi connectivity index (χ2v) is 3.67. The summed E-state index contributed by atoms with van der Waals surface area (Å²) in [6.45, 7) is 6.23. The second kappa shape index (κ2) is 4.50. The van der Waals surface area contributed by atoms with Gasteiger partial charge in [0.25, 0.3) is 0 Å². The van der Waals surface area contributed by atoms with Crippen LogP contribution in [0.3, 0.4) is 0 Å². The predicted octanol–water partition coefficient (Wildman–Crippen LogP) is 3.16. The molecule has 0 heterocycles. The van der Waals surface area contributed by atoms with Crippen LogP contribution in [0.1, 0.15) is 5.56 Å². The van der Waals surface area contributed by atoms with Crippen molar-refractivity contribution in [3.8, 4) is 5.75 Å². The minimum atomic E-state index is 0.569. The van der Waals surface area contributed by atoms with Crippen LogP contribution in [0.5, 0.6) is 5.75 Å². The van der Waals surface area contributed by atoms with E-state index in [4.69, 9.17) is 4.74 Å². The van der Waals surface area contributed by atoms with Crippen LogP contribution in [-0.2, 0) is 0 Å². The van der Waals surface area contributed by atoms with Gasteiger partial charge in [0, 0.05) is 3.57 Å². The van der Waals surface area contributed by atoms with Crippen LogP contribution in [0, 0.1) is 10.5 Å². The Morgan fingerprint density at radius 1 is 1.58 bits per heavy atom. The van der Waals surface area contributed by atoms with E-state index in [1.54, 1.807) is 6.08 Å². The van der Waals surface area contributed by atoms with Gasteiger partial charge in [0.05, 0.1) is 0 Å². The van der Waals surface area contributed by atoms with Crippen LogP contribution in [0.4, 0.5) is 0 Å². The molecule has 0 atom stereocenters. The summed E-state index contributed by atoms with van der Waals surface area (Å²) in [4.78, 5) is 0. The fraction of sp³-hybridized carbons (Fsp3) is 0.200. The van der Waals surface area contributed by atoms with E-state index in [1.807, 2.05) is 18.2 Å². The highest BCUT2D eigenvalue weighted by Crippen LogP contribution is 2.18. The maximum Gasteiger partial charge on any atom is 0.120 e. The maximum atomic E-state index is 5.37. The van der Waals surface area contributed by atoms with E-state index in [0.717, 1.165) is 5.75 Å². The molecule has 0 aliphatic carbocycles. The van der Waals surface area contributed by atoms with Crippen molar-refractivity contribution in [2.45, 2.75) is 6.92 Å². The van der Waals surface area contributed by atoms with E-state index >= 15 is 0 Å². The Balaban J connectivity index is 2.75. The highest BCUT2D eigenvalue weighted by molar-refractivity contribution is 14.1. The third-order valence-electron chi connectivity index (χ3n) is 1.50. The smallest absolute Gasteiger partial charge is 0.120 e. The Morgan fingerprint density at radius 2 is 2.33 bits per heavy atom. The summed E-state index contributed by atoms with van der Waals surface area (Å²) in [5.74, 6) is 0.910. The number of hydrogen-bond donors (Lipinski definition) is 0. The molecule has 64 valence electrons. The SMILES string of the molecule is C=CCOc1ccc(I)c(C)c1. The molecular weight excluding hydrogens is 263 g/mol. The maximum absolute atomic E-state index is 5.37. The number of benzene rings is 1. The van der Waals surface area contributed by atoms with Crippen molar-refractivity contribution in [3.05, 3.63) is 40.0 Å². The summed E-state index contributed by atoms with van der Waals surface area (Å²) in [5, 5.41) is 0. The molecule has 0 bridgehead atoms. The van der Waals surface area contributed by atoms with E-state index in [-0.39, 0.29) is 0 Å². The predicted molar refractivity (Wildman–Crippen MR) is 59.6 cm³/mol. The largest absolute Gasteiger partial charge is 0.490 e. The van der Waals surface area contributed by atoms with Gasteiger partial charge in [0.2, 0.25) is 0 Å². The summed E-state index contributed by atoms with van der Waals surface area (Å²) in [7, 11) is 0. The zero-order chi connectivity index (χ0) is 8.97.